The molecule has 4 nitrogen and oxygen atoms in total. The van der Waals surface area contributed by atoms with E-state index in [0.717, 1.165) is 15.8 Å². The fraction of sp³-hybridized carbons (Fsp3) is 0.214. The number of carbonyl (C=O) groups is 1. The van der Waals surface area contributed by atoms with Crippen LogP contribution in [0.2, 0.25) is 0 Å². The molecule has 0 saturated carbocycles. The molecular formula is C14H14O4S. The van der Waals surface area contributed by atoms with Crippen LogP contribution in [0.4, 0.5) is 0 Å². The lowest BCUT2D eigenvalue weighted by atomic mass is 10.1. The van der Waals surface area contributed by atoms with Crippen LogP contribution in [0.1, 0.15) is 12.5 Å². The first-order chi connectivity index (χ1) is 9.17. The number of aliphatic carboxylic acids is 1. The Kier molecular flexibility index (Phi) is 4.06. The first-order valence-corrected chi connectivity index (χ1v) is 6.66. The van der Waals surface area contributed by atoms with Gasteiger partial charge in [-0.2, -0.15) is 0 Å². The van der Waals surface area contributed by atoms with E-state index in [1.165, 1.54) is 24.7 Å². The average molecular weight is 278 g/mol. The number of hydrogen-bond acceptors (Lipinski definition) is 4. The zero-order chi connectivity index (χ0) is 13.8. The average Bonchev–Trinajstić information content (AvgIpc) is 2.79. The van der Waals surface area contributed by atoms with Crippen molar-refractivity contribution in [1.82, 2.24) is 0 Å². The number of fused-ring (bicyclic) bond motifs is 1. The topological polar surface area (TPSA) is 55.8 Å². The third-order valence-electron chi connectivity index (χ3n) is 2.61. The van der Waals surface area contributed by atoms with Gasteiger partial charge < -0.3 is 14.6 Å². The number of carboxylic acids is 1. The maximum Gasteiger partial charge on any atom is 0.339 e. The molecule has 1 aromatic heterocycles. The molecule has 0 unspecified atom stereocenters. The van der Waals surface area contributed by atoms with Crippen molar-refractivity contribution in [3.05, 3.63) is 35.4 Å². The van der Waals surface area contributed by atoms with Gasteiger partial charge in [-0.25, -0.2) is 4.79 Å². The predicted octanol–water partition coefficient (Wildman–Crippen LogP) is 3.37. The Labute approximate surface area is 114 Å². The molecule has 2 rings (SSSR count). The molecule has 0 amide bonds. The summed E-state index contributed by atoms with van der Waals surface area (Å²) in [5.74, 6) is -0.278. The van der Waals surface area contributed by atoms with Crippen LogP contribution in [-0.4, -0.2) is 24.8 Å². The number of ether oxygens (including phenoxy) is 2. The molecular weight excluding hydrogens is 264 g/mol. The van der Waals surface area contributed by atoms with Crippen molar-refractivity contribution in [1.29, 1.82) is 0 Å². The number of rotatable bonds is 5. The van der Waals surface area contributed by atoms with Crippen LogP contribution in [0, 0.1) is 0 Å². The summed E-state index contributed by atoms with van der Waals surface area (Å²) in [6.07, 6.45) is 1.25. The van der Waals surface area contributed by atoms with E-state index < -0.39 is 5.97 Å². The van der Waals surface area contributed by atoms with Crippen LogP contribution in [0.5, 0.6) is 5.75 Å². The van der Waals surface area contributed by atoms with E-state index in [2.05, 4.69) is 0 Å². The smallest absolute Gasteiger partial charge is 0.339 e. The van der Waals surface area contributed by atoms with Gasteiger partial charge >= 0.3 is 5.97 Å². The summed E-state index contributed by atoms with van der Waals surface area (Å²) < 4.78 is 11.3. The molecule has 5 heteroatoms. The highest BCUT2D eigenvalue weighted by atomic mass is 32.1. The number of benzene rings is 1. The van der Waals surface area contributed by atoms with Crippen molar-refractivity contribution in [2.45, 2.75) is 6.92 Å². The third kappa shape index (κ3) is 2.71. The van der Waals surface area contributed by atoms with Gasteiger partial charge in [-0.3, -0.25) is 0 Å². The van der Waals surface area contributed by atoms with Crippen molar-refractivity contribution in [2.24, 2.45) is 0 Å². The fourth-order valence-corrected chi connectivity index (χ4v) is 2.76. The second-order valence-corrected chi connectivity index (χ2v) is 4.72. The van der Waals surface area contributed by atoms with E-state index in [1.807, 2.05) is 30.5 Å². The van der Waals surface area contributed by atoms with Gasteiger partial charge in [0.2, 0.25) is 0 Å². The van der Waals surface area contributed by atoms with Crippen LogP contribution in [0.15, 0.2) is 29.8 Å². The molecule has 0 spiro atoms. The molecule has 0 aliphatic heterocycles. The molecule has 100 valence electrons. The van der Waals surface area contributed by atoms with Gasteiger partial charge in [-0.05, 0) is 25.1 Å². The Hall–Kier alpha value is -2.01. The minimum atomic E-state index is -1.01. The van der Waals surface area contributed by atoms with E-state index in [4.69, 9.17) is 9.47 Å². The van der Waals surface area contributed by atoms with Gasteiger partial charge in [0.05, 0.1) is 20.0 Å². The molecule has 0 atom stereocenters. The van der Waals surface area contributed by atoms with Crippen molar-refractivity contribution in [3.8, 4) is 5.75 Å². The Morgan fingerprint density at radius 3 is 2.89 bits per heavy atom. The molecule has 1 aromatic carbocycles. The van der Waals surface area contributed by atoms with Crippen LogP contribution < -0.4 is 4.74 Å². The van der Waals surface area contributed by atoms with Gasteiger partial charge in [-0.15, -0.1) is 11.3 Å². The quantitative estimate of drug-likeness (QED) is 0.673. The SMILES string of the molecule is CCOc1ccc2scc(C(=COC)C(=O)O)c2c1. The lowest BCUT2D eigenvalue weighted by molar-refractivity contribution is -0.130. The van der Waals surface area contributed by atoms with Crippen molar-refractivity contribution in [3.63, 3.8) is 0 Å². The van der Waals surface area contributed by atoms with Crippen LogP contribution >= 0.6 is 11.3 Å². The van der Waals surface area contributed by atoms with Crippen molar-refractivity contribution >= 4 is 33.0 Å². The molecule has 0 saturated heterocycles. The molecule has 0 aliphatic carbocycles. The standard InChI is InChI=1S/C14H14O4S/c1-3-18-9-4-5-13-10(6-9)12(8-19-13)11(7-17-2)14(15)16/h4-8H,3H2,1-2H3,(H,15,16). The highest BCUT2D eigenvalue weighted by Crippen LogP contribution is 2.33. The molecule has 1 heterocycles. The Bertz CT molecular complexity index is 627. The van der Waals surface area contributed by atoms with E-state index in [9.17, 15) is 9.90 Å². The Morgan fingerprint density at radius 2 is 2.26 bits per heavy atom. The molecule has 19 heavy (non-hydrogen) atoms. The van der Waals surface area contributed by atoms with Gasteiger partial charge in [0.1, 0.15) is 11.3 Å². The summed E-state index contributed by atoms with van der Waals surface area (Å²) in [5, 5.41) is 11.9. The highest BCUT2D eigenvalue weighted by Gasteiger charge is 2.16. The van der Waals surface area contributed by atoms with Gasteiger partial charge in [0, 0.05) is 21.0 Å². The van der Waals surface area contributed by atoms with E-state index in [0.29, 0.717) is 12.2 Å². The normalized spacial score (nSPS) is 11.6. The zero-order valence-corrected chi connectivity index (χ0v) is 11.5. The highest BCUT2D eigenvalue weighted by molar-refractivity contribution is 7.17. The summed E-state index contributed by atoms with van der Waals surface area (Å²) >= 11 is 1.50. The summed E-state index contributed by atoms with van der Waals surface area (Å²) in [7, 11) is 1.43. The lowest BCUT2D eigenvalue weighted by Gasteiger charge is -2.04. The van der Waals surface area contributed by atoms with Gasteiger partial charge in [0.15, 0.2) is 0 Å². The maximum atomic E-state index is 11.3. The van der Waals surface area contributed by atoms with Crippen LogP contribution in [0.3, 0.4) is 0 Å². The summed E-state index contributed by atoms with van der Waals surface area (Å²) in [6, 6.07) is 5.67. The first-order valence-electron chi connectivity index (χ1n) is 5.78. The summed E-state index contributed by atoms with van der Waals surface area (Å²) in [5.41, 5.74) is 0.790. The van der Waals surface area contributed by atoms with E-state index >= 15 is 0 Å². The molecule has 0 fully saturated rings. The Balaban J connectivity index is 2.56. The van der Waals surface area contributed by atoms with Crippen molar-refractivity contribution in [2.75, 3.05) is 13.7 Å². The summed E-state index contributed by atoms with van der Waals surface area (Å²) in [4.78, 5) is 11.3. The molecule has 0 bridgehead atoms. The minimum absolute atomic E-state index is 0.141. The monoisotopic (exact) mass is 278 g/mol. The minimum Gasteiger partial charge on any atom is -0.503 e. The second-order valence-electron chi connectivity index (χ2n) is 3.81. The predicted molar refractivity (Wildman–Crippen MR) is 75.6 cm³/mol. The Morgan fingerprint density at radius 1 is 1.47 bits per heavy atom. The summed E-state index contributed by atoms with van der Waals surface area (Å²) in [6.45, 7) is 2.48. The molecule has 0 radical (unpaired) electrons. The molecule has 2 aromatic rings. The largest absolute Gasteiger partial charge is 0.503 e. The van der Waals surface area contributed by atoms with Crippen molar-refractivity contribution < 1.29 is 19.4 Å². The van der Waals surface area contributed by atoms with E-state index in [1.54, 1.807) is 0 Å². The maximum absolute atomic E-state index is 11.3. The molecule has 0 aliphatic rings. The second kappa shape index (κ2) is 5.75. The first kappa shape index (κ1) is 13.4. The van der Waals surface area contributed by atoms with Crippen LogP contribution in [0.25, 0.3) is 15.7 Å². The van der Waals surface area contributed by atoms with E-state index in [-0.39, 0.29) is 5.57 Å². The fourth-order valence-electron chi connectivity index (χ4n) is 1.82. The lowest BCUT2D eigenvalue weighted by Crippen LogP contribution is -1.99. The van der Waals surface area contributed by atoms with Crippen LogP contribution in [-0.2, 0) is 9.53 Å². The number of carboxylic acid groups (broad SMARTS) is 1. The zero-order valence-electron chi connectivity index (χ0n) is 10.7. The number of methoxy groups -OCH3 is 1. The van der Waals surface area contributed by atoms with Gasteiger partial charge in [0.25, 0.3) is 0 Å². The number of thiophene rings is 1. The number of hydrogen-bond donors (Lipinski definition) is 1. The molecule has 1 N–H and O–H groups in total. The third-order valence-corrected chi connectivity index (χ3v) is 3.58. The van der Waals surface area contributed by atoms with Gasteiger partial charge in [-0.1, -0.05) is 0 Å².